The summed E-state index contributed by atoms with van der Waals surface area (Å²) in [5.41, 5.74) is 6.92. The van der Waals surface area contributed by atoms with E-state index in [1.54, 1.807) is 0 Å². The van der Waals surface area contributed by atoms with Crippen LogP contribution in [0.25, 0.3) is 0 Å². The van der Waals surface area contributed by atoms with Gasteiger partial charge in [0.1, 0.15) is 0 Å². The van der Waals surface area contributed by atoms with Gasteiger partial charge in [-0.15, -0.1) is 0 Å². The van der Waals surface area contributed by atoms with E-state index in [4.69, 9.17) is 5.73 Å². The first-order valence-corrected chi connectivity index (χ1v) is 7.90. The lowest BCUT2D eigenvalue weighted by molar-refractivity contribution is 0.0698. The second kappa shape index (κ2) is 6.83. The Bertz CT molecular complexity index is 547. The van der Waals surface area contributed by atoms with Gasteiger partial charge in [-0.05, 0) is 25.1 Å². The fourth-order valence-corrected chi connectivity index (χ4v) is 3.37. The van der Waals surface area contributed by atoms with Crippen LogP contribution in [0.4, 0.5) is 0 Å². The molecule has 0 saturated carbocycles. The summed E-state index contributed by atoms with van der Waals surface area (Å²) in [7, 11) is 0. The van der Waals surface area contributed by atoms with Gasteiger partial charge in [0.2, 0.25) is 0 Å². The van der Waals surface area contributed by atoms with Crippen molar-refractivity contribution < 1.29 is 4.79 Å². The molecule has 0 aromatic heterocycles. The first-order chi connectivity index (χ1) is 9.63. The van der Waals surface area contributed by atoms with Crippen molar-refractivity contribution in [3.05, 3.63) is 35.4 Å². The molecule has 106 valence electrons. The Morgan fingerprint density at radius 1 is 1.50 bits per heavy atom. The van der Waals surface area contributed by atoms with Gasteiger partial charge in [0, 0.05) is 34.7 Å². The molecule has 4 heteroatoms. The average molecular weight is 288 g/mol. The molecule has 1 saturated heterocycles. The molecule has 1 aliphatic rings. The minimum Gasteiger partial charge on any atom is -0.334 e. The summed E-state index contributed by atoms with van der Waals surface area (Å²) >= 11 is 1.93. The summed E-state index contributed by atoms with van der Waals surface area (Å²) in [6.07, 6.45) is 0. The van der Waals surface area contributed by atoms with Crippen LogP contribution in [0, 0.1) is 11.8 Å². The Hall–Kier alpha value is -1.44. The van der Waals surface area contributed by atoms with Gasteiger partial charge in [-0.3, -0.25) is 4.79 Å². The molecular formula is C16H20N2OS. The first-order valence-electron chi connectivity index (χ1n) is 6.85. The number of thioether (sulfide) groups is 1. The van der Waals surface area contributed by atoms with Crippen LogP contribution >= 0.6 is 11.8 Å². The normalized spacial score (nSPS) is 22.1. The van der Waals surface area contributed by atoms with Crippen LogP contribution in [0.5, 0.6) is 0 Å². The van der Waals surface area contributed by atoms with E-state index in [1.807, 2.05) is 40.9 Å². The van der Waals surface area contributed by atoms with Crippen molar-refractivity contribution in [2.24, 2.45) is 5.73 Å². The number of hydrogen-bond donors (Lipinski definition) is 1. The maximum absolute atomic E-state index is 12.6. The Balaban J connectivity index is 2.20. The van der Waals surface area contributed by atoms with E-state index >= 15 is 0 Å². The number of hydrogen-bond acceptors (Lipinski definition) is 3. The smallest absolute Gasteiger partial charge is 0.254 e. The number of benzene rings is 1. The molecular weight excluding hydrogens is 268 g/mol. The average Bonchev–Trinajstić information content (AvgIpc) is 2.47. The van der Waals surface area contributed by atoms with E-state index in [2.05, 4.69) is 25.7 Å². The van der Waals surface area contributed by atoms with Crippen LogP contribution in [-0.4, -0.2) is 40.9 Å². The van der Waals surface area contributed by atoms with Crippen molar-refractivity contribution in [2.75, 3.05) is 18.8 Å². The molecule has 2 rings (SSSR count). The van der Waals surface area contributed by atoms with Crippen LogP contribution in [0.2, 0.25) is 0 Å². The molecule has 0 bridgehead atoms. The third-order valence-electron chi connectivity index (χ3n) is 3.59. The van der Waals surface area contributed by atoms with Crippen molar-refractivity contribution in [3.63, 3.8) is 0 Å². The molecule has 2 unspecified atom stereocenters. The molecule has 1 aromatic carbocycles. The van der Waals surface area contributed by atoms with Gasteiger partial charge in [-0.2, -0.15) is 11.8 Å². The van der Waals surface area contributed by atoms with E-state index < -0.39 is 0 Å². The van der Waals surface area contributed by atoms with Crippen LogP contribution in [0.3, 0.4) is 0 Å². The molecule has 20 heavy (non-hydrogen) atoms. The monoisotopic (exact) mass is 288 g/mol. The van der Waals surface area contributed by atoms with Crippen molar-refractivity contribution in [1.29, 1.82) is 0 Å². The third kappa shape index (κ3) is 3.36. The van der Waals surface area contributed by atoms with E-state index in [-0.39, 0.29) is 11.9 Å². The number of carbonyl (C=O) groups excluding carboxylic acids is 1. The number of carbonyl (C=O) groups is 1. The summed E-state index contributed by atoms with van der Waals surface area (Å²) in [4.78, 5) is 14.6. The predicted molar refractivity (Wildman–Crippen MR) is 84.8 cm³/mol. The van der Waals surface area contributed by atoms with Crippen molar-refractivity contribution in [1.82, 2.24) is 4.90 Å². The second-order valence-electron chi connectivity index (χ2n) is 4.90. The molecule has 0 aliphatic carbocycles. The largest absolute Gasteiger partial charge is 0.334 e. The zero-order valence-electron chi connectivity index (χ0n) is 11.9. The highest BCUT2D eigenvalue weighted by Crippen LogP contribution is 2.25. The molecule has 0 spiro atoms. The minimum atomic E-state index is 0.0982. The van der Waals surface area contributed by atoms with Crippen molar-refractivity contribution in [2.45, 2.75) is 25.1 Å². The highest BCUT2D eigenvalue weighted by atomic mass is 32.2. The maximum Gasteiger partial charge on any atom is 0.254 e. The quantitative estimate of drug-likeness (QED) is 0.804. The highest BCUT2D eigenvalue weighted by molar-refractivity contribution is 8.00. The zero-order valence-corrected chi connectivity index (χ0v) is 12.7. The molecule has 1 aliphatic heterocycles. The van der Waals surface area contributed by atoms with Crippen LogP contribution in [0.15, 0.2) is 24.3 Å². The molecule has 1 aromatic rings. The van der Waals surface area contributed by atoms with E-state index in [0.29, 0.717) is 17.4 Å². The lowest BCUT2D eigenvalue weighted by atomic mass is 10.1. The standard InChI is InChI=1S/C16H20N2OS/c1-12-13(2)20-10-9-18(12)16(19)15-7-3-5-14(11-15)6-4-8-17/h3,5,7,11-13H,8-10,17H2,1-2H3. The van der Waals surface area contributed by atoms with Gasteiger partial charge >= 0.3 is 0 Å². The Morgan fingerprint density at radius 3 is 3.05 bits per heavy atom. The SMILES string of the molecule is CC1SCCN(C(=O)c2cccc(C#CCN)c2)C1C. The first kappa shape index (κ1) is 15.0. The number of amides is 1. The summed E-state index contributed by atoms with van der Waals surface area (Å²) in [6, 6.07) is 7.75. The summed E-state index contributed by atoms with van der Waals surface area (Å²) < 4.78 is 0. The number of rotatable bonds is 1. The second-order valence-corrected chi connectivity index (χ2v) is 6.39. The Kier molecular flexibility index (Phi) is 5.11. The molecule has 1 fully saturated rings. The van der Waals surface area contributed by atoms with E-state index in [9.17, 15) is 4.79 Å². The van der Waals surface area contributed by atoms with Crippen molar-refractivity contribution >= 4 is 17.7 Å². The third-order valence-corrected chi connectivity index (χ3v) is 4.93. The Morgan fingerprint density at radius 2 is 2.30 bits per heavy atom. The lowest BCUT2D eigenvalue weighted by Gasteiger charge is -2.37. The molecule has 1 amide bonds. The van der Waals surface area contributed by atoms with Gasteiger partial charge in [0.25, 0.3) is 5.91 Å². The fraction of sp³-hybridized carbons (Fsp3) is 0.438. The maximum atomic E-state index is 12.6. The van der Waals surface area contributed by atoms with Crippen LogP contribution < -0.4 is 5.73 Å². The van der Waals surface area contributed by atoms with Crippen LogP contribution in [-0.2, 0) is 0 Å². The van der Waals surface area contributed by atoms with Crippen molar-refractivity contribution in [3.8, 4) is 11.8 Å². The van der Waals surface area contributed by atoms with Gasteiger partial charge < -0.3 is 10.6 Å². The van der Waals surface area contributed by atoms with E-state index in [0.717, 1.165) is 17.9 Å². The Labute approximate surface area is 124 Å². The van der Waals surface area contributed by atoms with Gasteiger partial charge in [-0.25, -0.2) is 0 Å². The van der Waals surface area contributed by atoms with Gasteiger partial charge in [-0.1, -0.05) is 24.8 Å². The lowest BCUT2D eigenvalue weighted by Crippen LogP contribution is -2.47. The summed E-state index contributed by atoms with van der Waals surface area (Å²) in [6.45, 7) is 5.44. The molecule has 1 heterocycles. The summed E-state index contributed by atoms with van der Waals surface area (Å²) in [5.74, 6) is 6.89. The van der Waals surface area contributed by atoms with Gasteiger partial charge in [0.05, 0.1) is 6.54 Å². The van der Waals surface area contributed by atoms with Crippen LogP contribution in [0.1, 0.15) is 29.8 Å². The summed E-state index contributed by atoms with van der Waals surface area (Å²) in [5, 5.41) is 0.480. The topological polar surface area (TPSA) is 46.3 Å². The number of nitrogens with zero attached hydrogens (tertiary/aromatic N) is 1. The molecule has 3 nitrogen and oxygen atoms in total. The van der Waals surface area contributed by atoms with E-state index in [1.165, 1.54) is 0 Å². The predicted octanol–water partition coefficient (Wildman–Crippen LogP) is 1.96. The van der Waals surface area contributed by atoms with Gasteiger partial charge in [0.15, 0.2) is 0 Å². The number of nitrogens with two attached hydrogens (primary N) is 1. The molecule has 2 N–H and O–H groups in total. The zero-order chi connectivity index (χ0) is 14.5. The fourth-order valence-electron chi connectivity index (χ4n) is 2.27. The molecule has 0 radical (unpaired) electrons. The molecule has 2 atom stereocenters. The minimum absolute atomic E-state index is 0.0982. The highest BCUT2D eigenvalue weighted by Gasteiger charge is 2.29.